The second-order valence-electron chi connectivity index (χ2n) is 8.87. The van der Waals surface area contributed by atoms with E-state index in [2.05, 4.69) is 21.3 Å². The van der Waals surface area contributed by atoms with E-state index in [9.17, 15) is 33.9 Å². The maximum Gasteiger partial charge on any atom is 0.326 e. The lowest BCUT2D eigenvalue weighted by molar-refractivity contribution is -0.142. The quantitative estimate of drug-likeness (QED) is 0.138. The van der Waals surface area contributed by atoms with Crippen molar-refractivity contribution in [2.75, 3.05) is 6.54 Å². The summed E-state index contributed by atoms with van der Waals surface area (Å²) in [5.74, 6) is -4.69. The highest BCUT2D eigenvalue weighted by atomic mass is 16.4. The molecule has 1 aliphatic heterocycles. The Morgan fingerprint density at radius 2 is 1.43 bits per heavy atom. The van der Waals surface area contributed by atoms with E-state index in [-0.39, 0.29) is 32.1 Å². The molecule has 2 rings (SSSR count). The molecule has 1 heterocycles. The summed E-state index contributed by atoms with van der Waals surface area (Å²) >= 11 is 0. The lowest BCUT2D eigenvalue weighted by Crippen LogP contribution is -2.57. The molecule has 0 radical (unpaired) electrons. The van der Waals surface area contributed by atoms with Crippen molar-refractivity contribution >= 4 is 35.5 Å². The van der Waals surface area contributed by atoms with Crippen LogP contribution in [0.4, 0.5) is 0 Å². The molecule has 4 unspecified atom stereocenters. The van der Waals surface area contributed by atoms with Crippen LogP contribution in [0.5, 0.6) is 0 Å². The third kappa shape index (κ3) is 10.3. The maximum absolute atomic E-state index is 13.2. The van der Waals surface area contributed by atoms with E-state index in [0.29, 0.717) is 18.5 Å². The van der Waals surface area contributed by atoms with Crippen molar-refractivity contribution in [2.45, 2.75) is 69.1 Å². The van der Waals surface area contributed by atoms with Crippen LogP contribution in [0.25, 0.3) is 0 Å². The molecule has 0 bridgehead atoms. The van der Waals surface area contributed by atoms with E-state index in [1.807, 2.05) is 0 Å². The predicted octanol–water partition coefficient (Wildman–Crippen LogP) is -1.95. The standard InChI is InChI=1S/C24H34N6O7/c25-19(31)10-8-16(28-21(33)15-7-4-12-27-15)22(34)30-18(13-14-5-2-1-3-6-14)23(35)29-17(24(36)37)9-11-20(26)32/h1-3,5-6,15-18,27H,4,7-13H2,(H2,25,31)(H2,26,32)(H,28,33)(H,29,35)(H,30,34)(H,36,37). The molecule has 1 aliphatic rings. The van der Waals surface area contributed by atoms with Gasteiger partial charge in [0.2, 0.25) is 29.5 Å². The predicted molar refractivity (Wildman–Crippen MR) is 131 cm³/mol. The largest absolute Gasteiger partial charge is 0.480 e. The van der Waals surface area contributed by atoms with Gasteiger partial charge in [0.15, 0.2) is 0 Å². The molecular formula is C24H34N6O7. The zero-order chi connectivity index (χ0) is 27.4. The highest BCUT2D eigenvalue weighted by molar-refractivity contribution is 5.94. The van der Waals surface area contributed by atoms with Crippen molar-refractivity contribution in [2.24, 2.45) is 11.5 Å². The molecule has 13 nitrogen and oxygen atoms in total. The number of hydrogen-bond acceptors (Lipinski definition) is 7. The van der Waals surface area contributed by atoms with Crippen molar-refractivity contribution in [3.05, 3.63) is 35.9 Å². The summed E-state index contributed by atoms with van der Waals surface area (Å²) < 4.78 is 0. The molecule has 0 aromatic heterocycles. The summed E-state index contributed by atoms with van der Waals surface area (Å²) in [6.07, 6.45) is 0.654. The first-order valence-corrected chi connectivity index (χ1v) is 12.0. The number of rotatable bonds is 15. The van der Waals surface area contributed by atoms with E-state index in [1.54, 1.807) is 30.3 Å². The summed E-state index contributed by atoms with van der Waals surface area (Å²) in [4.78, 5) is 72.9. The van der Waals surface area contributed by atoms with E-state index < -0.39 is 59.7 Å². The molecule has 202 valence electrons. The highest BCUT2D eigenvalue weighted by Crippen LogP contribution is 2.09. The van der Waals surface area contributed by atoms with Gasteiger partial charge in [0.25, 0.3) is 0 Å². The van der Waals surface area contributed by atoms with Gasteiger partial charge >= 0.3 is 5.97 Å². The van der Waals surface area contributed by atoms with Gasteiger partial charge in [0.05, 0.1) is 6.04 Å². The van der Waals surface area contributed by atoms with Crippen LogP contribution in [0.1, 0.15) is 44.1 Å². The van der Waals surface area contributed by atoms with Gasteiger partial charge < -0.3 is 37.8 Å². The molecule has 1 aromatic carbocycles. The zero-order valence-electron chi connectivity index (χ0n) is 20.4. The van der Waals surface area contributed by atoms with Crippen molar-refractivity contribution in [3.8, 4) is 0 Å². The Bertz CT molecular complexity index is 981. The first-order valence-electron chi connectivity index (χ1n) is 12.0. The number of carboxylic acid groups (broad SMARTS) is 1. The second-order valence-corrected chi connectivity index (χ2v) is 8.87. The van der Waals surface area contributed by atoms with E-state index in [0.717, 1.165) is 6.42 Å². The first kappa shape index (κ1) is 29.2. The average Bonchev–Trinajstić information content (AvgIpc) is 3.39. The highest BCUT2D eigenvalue weighted by Gasteiger charge is 2.31. The monoisotopic (exact) mass is 518 g/mol. The van der Waals surface area contributed by atoms with Gasteiger partial charge in [-0.3, -0.25) is 24.0 Å². The van der Waals surface area contributed by atoms with Crippen LogP contribution >= 0.6 is 0 Å². The minimum atomic E-state index is -1.41. The van der Waals surface area contributed by atoms with E-state index in [4.69, 9.17) is 11.5 Å². The van der Waals surface area contributed by atoms with Crippen LogP contribution in [-0.4, -0.2) is 71.3 Å². The lowest BCUT2D eigenvalue weighted by Gasteiger charge is -2.25. The fourth-order valence-electron chi connectivity index (χ4n) is 3.88. The van der Waals surface area contributed by atoms with Gasteiger partial charge in [-0.25, -0.2) is 4.79 Å². The molecule has 4 atom stereocenters. The number of nitrogens with one attached hydrogen (secondary N) is 4. The number of nitrogens with two attached hydrogens (primary N) is 2. The Labute approximate surface area is 214 Å². The van der Waals surface area contributed by atoms with Crippen LogP contribution in [-0.2, 0) is 35.2 Å². The molecule has 13 heteroatoms. The van der Waals surface area contributed by atoms with Gasteiger partial charge in [0.1, 0.15) is 18.1 Å². The molecule has 1 fully saturated rings. The minimum absolute atomic E-state index is 0.0151. The van der Waals surface area contributed by atoms with Gasteiger partial charge in [-0.15, -0.1) is 0 Å². The number of carbonyl (C=O) groups is 6. The minimum Gasteiger partial charge on any atom is -0.480 e. The number of carbonyl (C=O) groups excluding carboxylic acids is 5. The Balaban J connectivity index is 2.20. The topological polar surface area (TPSA) is 223 Å². The fourth-order valence-corrected chi connectivity index (χ4v) is 3.88. The maximum atomic E-state index is 13.2. The number of benzene rings is 1. The molecule has 5 amide bonds. The molecule has 0 spiro atoms. The lowest BCUT2D eigenvalue weighted by atomic mass is 10.0. The van der Waals surface area contributed by atoms with Gasteiger partial charge in [-0.05, 0) is 37.8 Å². The van der Waals surface area contributed by atoms with Crippen LogP contribution in [0.15, 0.2) is 30.3 Å². The van der Waals surface area contributed by atoms with Gasteiger partial charge in [-0.2, -0.15) is 0 Å². The third-order valence-corrected chi connectivity index (χ3v) is 5.90. The van der Waals surface area contributed by atoms with Crippen LogP contribution in [0.3, 0.4) is 0 Å². The Morgan fingerprint density at radius 1 is 0.865 bits per heavy atom. The third-order valence-electron chi connectivity index (χ3n) is 5.90. The number of aliphatic carboxylic acids is 1. The summed E-state index contributed by atoms with van der Waals surface area (Å²) in [6.45, 7) is 0.663. The van der Waals surface area contributed by atoms with Crippen LogP contribution in [0.2, 0.25) is 0 Å². The van der Waals surface area contributed by atoms with E-state index in [1.165, 1.54) is 0 Å². The summed E-state index contributed by atoms with van der Waals surface area (Å²) in [5.41, 5.74) is 11.0. The number of primary amides is 2. The molecular weight excluding hydrogens is 484 g/mol. The van der Waals surface area contributed by atoms with E-state index >= 15 is 0 Å². The molecule has 1 saturated heterocycles. The second kappa shape index (κ2) is 14.5. The number of hydrogen-bond donors (Lipinski definition) is 7. The van der Waals surface area contributed by atoms with Crippen LogP contribution in [0, 0.1) is 0 Å². The van der Waals surface area contributed by atoms with Crippen molar-refractivity contribution < 1.29 is 33.9 Å². The smallest absolute Gasteiger partial charge is 0.326 e. The molecule has 9 N–H and O–H groups in total. The van der Waals surface area contributed by atoms with Crippen molar-refractivity contribution in [1.82, 2.24) is 21.3 Å². The Morgan fingerprint density at radius 3 is 1.97 bits per heavy atom. The van der Waals surface area contributed by atoms with Crippen molar-refractivity contribution in [3.63, 3.8) is 0 Å². The van der Waals surface area contributed by atoms with Crippen LogP contribution < -0.4 is 32.7 Å². The Kier molecular flexibility index (Phi) is 11.5. The Hall–Kier alpha value is -4.00. The molecule has 37 heavy (non-hydrogen) atoms. The molecule has 0 saturated carbocycles. The summed E-state index contributed by atoms with van der Waals surface area (Å²) in [6, 6.07) is 4.45. The first-order chi connectivity index (χ1) is 17.6. The number of amides is 5. The summed E-state index contributed by atoms with van der Waals surface area (Å²) in [5, 5.41) is 20.0. The molecule has 0 aliphatic carbocycles. The van der Waals surface area contributed by atoms with Crippen molar-refractivity contribution in [1.29, 1.82) is 0 Å². The average molecular weight is 519 g/mol. The summed E-state index contributed by atoms with van der Waals surface area (Å²) in [7, 11) is 0. The fraction of sp³-hybridized carbons (Fsp3) is 0.500. The normalized spacial score (nSPS) is 17.1. The van der Waals surface area contributed by atoms with Gasteiger partial charge in [-0.1, -0.05) is 30.3 Å². The molecule has 1 aromatic rings. The van der Waals surface area contributed by atoms with Gasteiger partial charge in [0, 0.05) is 19.3 Å². The zero-order valence-corrected chi connectivity index (χ0v) is 20.4. The number of carboxylic acids is 1. The SMILES string of the molecule is NC(=O)CCC(NC(=O)C(Cc1ccccc1)NC(=O)C(CCC(N)=O)NC(=O)C1CCCN1)C(=O)O.